The third kappa shape index (κ3) is 3.75. The molecule has 0 aromatic rings. The molecule has 0 radical (unpaired) electrons. The molecule has 1 saturated carbocycles. The first-order valence-corrected chi connectivity index (χ1v) is 8.72. The highest BCUT2D eigenvalue weighted by molar-refractivity contribution is 7.80. The molecule has 120 valence electrons. The summed E-state index contributed by atoms with van der Waals surface area (Å²) in [5.74, 6) is 0.154. The Morgan fingerprint density at radius 3 is 2.52 bits per heavy atom. The van der Waals surface area contributed by atoms with Crippen LogP contribution in [0.3, 0.4) is 0 Å². The van der Waals surface area contributed by atoms with Crippen LogP contribution in [0.1, 0.15) is 58.3 Å². The molecule has 21 heavy (non-hydrogen) atoms. The smallest absolute Gasteiger partial charge is 0.235 e. The van der Waals surface area contributed by atoms with Gasteiger partial charge in [-0.2, -0.15) is 0 Å². The average molecular weight is 312 g/mol. The van der Waals surface area contributed by atoms with Crippen LogP contribution in [-0.4, -0.2) is 41.6 Å². The van der Waals surface area contributed by atoms with Crippen molar-refractivity contribution in [3.63, 3.8) is 0 Å². The SMILES string of the molecule is CCOC1CCCN(C(=O)C2(C(N)=S)CCCCCC2)C1. The summed E-state index contributed by atoms with van der Waals surface area (Å²) >= 11 is 5.31. The lowest BCUT2D eigenvalue weighted by Crippen LogP contribution is -2.54. The van der Waals surface area contributed by atoms with E-state index in [4.69, 9.17) is 22.7 Å². The van der Waals surface area contributed by atoms with Gasteiger partial charge in [-0.1, -0.05) is 37.9 Å². The van der Waals surface area contributed by atoms with E-state index in [0.717, 1.165) is 45.1 Å². The molecular weight excluding hydrogens is 284 g/mol. The highest BCUT2D eigenvalue weighted by atomic mass is 32.1. The fourth-order valence-corrected chi connectivity index (χ4v) is 3.99. The highest BCUT2D eigenvalue weighted by Crippen LogP contribution is 2.38. The zero-order chi connectivity index (χ0) is 15.3. The number of ether oxygens (including phenoxy) is 1. The lowest BCUT2D eigenvalue weighted by molar-refractivity contribution is -0.143. The van der Waals surface area contributed by atoms with Gasteiger partial charge in [0.2, 0.25) is 5.91 Å². The van der Waals surface area contributed by atoms with E-state index in [1.54, 1.807) is 0 Å². The fourth-order valence-electron chi connectivity index (χ4n) is 3.69. The van der Waals surface area contributed by atoms with Crippen molar-refractivity contribution in [2.75, 3.05) is 19.7 Å². The lowest BCUT2D eigenvalue weighted by Gasteiger charge is -2.40. The summed E-state index contributed by atoms with van der Waals surface area (Å²) in [6.07, 6.45) is 8.30. The third-order valence-corrected chi connectivity index (χ3v) is 5.30. The fraction of sp³-hybridized carbons (Fsp3) is 0.875. The Morgan fingerprint density at radius 1 is 1.29 bits per heavy atom. The van der Waals surface area contributed by atoms with Gasteiger partial charge in [0.25, 0.3) is 0 Å². The van der Waals surface area contributed by atoms with Crippen LogP contribution < -0.4 is 5.73 Å². The lowest BCUT2D eigenvalue weighted by atomic mass is 9.78. The molecule has 2 aliphatic rings. The van der Waals surface area contributed by atoms with Gasteiger partial charge in [0.05, 0.1) is 16.5 Å². The van der Waals surface area contributed by atoms with Crippen molar-refractivity contribution in [2.45, 2.75) is 64.4 Å². The Balaban J connectivity index is 2.12. The molecule has 1 heterocycles. The number of hydrogen-bond acceptors (Lipinski definition) is 3. The molecule has 1 saturated heterocycles. The van der Waals surface area contributed by atoms with Crippen molar-refractivity contribution < 1.29 is 9.53 Å². The number of carbonyl (C=O) groups excluding carboxylic acids is 1. The molecule has 2 rings (SSSR count). The van der Waals surface area contributed by atoms with Gasteiger partial charge in [0.15, 0.2) is 0 Å². The summed E-state index contributed by atoms with van der Waals surface area (Å²) in [4.78, 5) is 15.5. The van der Waals surface area contributed by atoms with Gasteiger partial charge >= 0.3 is 0 Å². The molecule has 1 amide bonds. The molecule has 0 aromatic heterocycles. The minimum Gasteiger partial charge on any atom is -0.392 e. The van der Waals surface area contributed by atoms with E-state index in [2.05, 4.69) is 0 Å². The van der Waals surface area contributed by atoms with E-state index in [1.807, 2.05) is 11.8 Å². The van der Waals surface area contributed by atoms with Crippen molar-refractivity contribution in [3.8, 4) is 0 Å². The molecule has 0 bridgehead atoms. The van der Waals surface area contributed by atoms with Gasteiger partial charge in [0.1, 0.15) is 0 Å². The minimum absolute atomic E-state index is 0.154. The highest BCUT2D eigenvalue weighted by Gasteiger charge is 2.44. The second kappa shape index (κ2) is 7.54. The summed E-state index contributed by atoms with van der Waals surface area (Å²) in [5.41, 5.74) is 5.43. The number of rotatable bonds is 4. The van der Waals surface area contributed by atoms with Crippen molar-refractivity contribution in [1.29, 1.82) is 0 Å². The molecule has 1 atom stereocenters. The summed E-state index contributed by atoms with van der Waals surface area (Å²) < 4.78 is 5.71. The van der Waals surface area contributed by atoms with E-state index in [0.29, 0.717) is 18.1 Å². The molecule has 2 N–H and O–H groups in total. The molecule has 4 nitrogen and oxygen atoms in total. The van der Waals surface area contributed by atoms with E-state index in [1.165, 1.54) is 12.8 Å². The van der Waals surface area contributed by atoms with Crippen molar-refractivity contribution in [1.82, 2.24) is 4.90 Å². The number of nitrogens with zero attached hydrogens (tertiary/aromatic N) is 1. The molecule has 1 aliphatic heterocycles. The van der Waals surface area contributed by atoms with Gasteiger partial charge in [-0.3, -0.25) is 4.79 Å². The summed E-state index contributed by atoms with van der Waals surface area (Å²) in [6, 6.07) is 0. The summed E-state index contributed by atoms with van der Waals surface area (Å²) in [7, 11) is 0. The van der Waals surface area contributed by atoms with Crippen LogP contribution in [0, 0.1) is 5.41 Å². The maximum Gasteiger partial charge on any atom is 0.235 e. The largest absolute Gasteiger partial charge is 0.392 e. The van der Waals surface area contributed by atoms with Gasteiger partial charge in [-0.25, -0.2) is 0 Å². The Labute approximate surface area is 133 Å². The standard InChI is InChI=1S/C16H28N2O2S/c1-2-20-13-8-7-11-18(12-13)15(19)16(14(17)21)9-5-3-4-6-10-16/h13H,2-12H2,1H3,(H2,17,21). The van der Waals surface area contributed by atoms with Crippen LogP contribution in [0.4, 0.5) is 0 Å². The van der Waals surface area contributed by atoms with Crippen molar-refractivity contribution in [2.24, 2.45) is 11.1 Å². The number of nitrogens with two attached hydrogens (primary N) is 1. The zero-order valence-electron chi connectivity index (χ0n) is 13.1. The summed E-state index contributed by atoms with van der Waals surface area (Å²) in [5, 5.41) is 0. The second-order valence-corrected chi connectivity index (χ2v) is 6.77. The number of likely N-dealkylation sites (tertiary alicyclic amines) is 1. The number of carbonyl (C=O) groups is 1. The molecule has 1 unspecified atom stereocenters. The van der Waals surface area contributed by atoms with Gasteiger partial charge in [-0.15, -0.1) is 0 Å². The van der Waals surface area contributed by atoms with E-state index in [9.17, 15) is 4.79 Å². The van der Waals surface area contributed by atoms with Crippen molar-refractivity contribution in [3.05, 3.63) is 0 Å². The zero-order valence-corrected chi connectivity index (χ0v) is 13.9. The quantitative estimate of drug-likeness (QED) is 0.640. The van der Waals surface area contributed by atoms with E-state index in [-0.39, 0.29) is 12.0 Å². The predicted molar refractivity (Wildman–Crippen MR) is 88.1 cm³/mol. The van der Waals surface area contributed by atoms with Crippen LogP contribution in [0.5, 0.6) is 0 Å². The summed E-state index contributed by atoms with van der Waals surface area (Å²) in [6.45, 7) is 4.21. The van der Waals surface area contributed by atoms with Gasteiger partial charge in [0, 0.05) is 19.7 Å². The minimum atomic E-state index is -0.597. The first-order valence-electron chi connectivity index (χ1n) is 8.31. The Bertz CT molecular complexity index is 376. The monoisotopic (exact) mass is 312 g/mol. The number of thiocarbonyl (C=S) groups is 1. The van der Waals surface area contributed by atoms with Gasteiger partial charge < -0.3 is 15.4 Å². The van der Waals surface area contributed by atoms with E-state index >= 15 is 0 Å². The van der Waals surface area contributed by atoms with E-state index < -0.39 is 5.41 Å². The Kier molecular flexibility index (Phi) is 5.99. The van der Waals surface area contributed by atoms with Crippen LogP contribution in [0.2, 0.25) is 0 Å². The second-order valence-electron chi connectivity index (χ2n) is 6.33. The maximum absolute atomic E-state index is 13.1. The van der Waals surface area contributed by atoms with Gasteiger partial charge in [-0.05, 0) is 32.6 Å². The van der Waals surface area contributed by atoms with Crippen molar-refractivity contribution >= 4 is 23.1 Å². The van der Waals surface area contributed by atoms with Crippen LogP contribution in [-0.2, 0) is 9.53 Å². The first-order chi connectivity index (χ1) is 10.1. The molecule has 0 spiro atoms. The molecule has 0 aromatic carbocycles. The van der Waals surface area contributed by atoms with Crippen LogP contribution in [0.25, 0.3) is 0 Å². The average Bonchev–Trinajstić information content (AvgIpc) is 2.74. The number of piperidine rings is 1. The topological polar surface area (TPSA) is 55.6 Å². The molecule has 2 fully saturated rings. The normalized spacial score (nSPS) is 26.1. The van der Waals surface area contributed by atoms with Crippen LogP contribution in [0.15, 0.2) is 0 Å². The number of hydrogen-bond donors (Lipinski definition) is 1. The Morgan fingerprint density at radius 2 is 1.95 bits per heavy atom. The Hall–Kier alpha value is -0.680. The maximum atomic E-state index is 13.1. The number of amides is 1. The molecule has 5 heteroatoms. The third-order valence-electron chi connectivity index (χ3n) is 4.91. The molecular formula is C16H28N2O2S. The molecule has 1 aliphatic carbocycles. The predicted octanol–water partition coefficient (Wildman–Crippen LogP) is 2.64. The van der Waals surface area contributed by atoms with Crippen LogP contribution >= 0.6 is 12.2 Å². The first kappa shape index (κ1) is 16.7.